The molecule has 3 aliphatic rings. The number of aliphatic carboxylic acids is 1. The molecule has 0 aromatic carbocycles. The second kappa shape index (κ2) is 6.19. The number of carbonyl (C=O) groups excluding carboxylic acids is 1. The maximum absolute atomic E-state index is 12.2. The lowest BCUT2D eigenvalue weighted by molar-refractivity contribution is -0.138. The Morgan fingerprint density at radius 1 is 1.05 bits per heavy atom. The van der Waals surface area contributed by atoms with Crippen LogP contribution in [0.2, 0.25) is 0 Å². The van der Waals surface area contributed by atoms with Crippen molar-refractivity contribution in [1.82, 2.24) is 20.0 Å². The van der Waals surface area contributed by atoms with Crippen LogP contribution in [0, 0.1) is 0 Å². The van der Waals surface area contributed by atoms with Gasteiger partial charge in [0.05, 0.1) is 6.54 Å². The monoisotopic (exact) mass is 296 g/mol. The number of likely N-dealkylation sites (tertiary alicyclic amines) is 1. The quantitative estimate of drug-likeness (QED) is 0.740. The van der Waals surface area contributed by atoms with Crippen LogP contribution >= 0.6 is 0 Å². The van der Waals surface area contributed by atoms with E-state index >= 15 is 0 Å². The van der Waals surface area contributed by atoms with Crippen LogP contribution in [0.3, 0.4) is 0 Å². The number of nitrogens with zero attached hydrogens (tertiary/aromatic N) is 3. The number of amides is 2. The van der Waals surface area contributed by atoms with Gasteiger partial charge in [-0.2, -0.15) is 0 Å². The average molecular weight is 296 g/mol. The van der Waals surface area contributed by atoms with Crippen molar-refractivity contribution in [3.63, 3.8) is 0 Å². The van der Waals surface area contributed by atoms with Crippen molar-refractivity contribution < 1.29 is 14.7 Å². The lowest BCUT2D eigenvalue weighted by Gasteiger charge is -2.34. The molecule has 0 spiro atoms. The summed E-state index contributed by atoms with van der Waals surface area (Å²) in [6.07, 6.45) is 3.67. The maximum Gasteiger partial charge on any atom is 0.317 e. The third-order valence-electron chi connectivity index (χ3n) is 4.63. The lowest BCUT2D eigenvalue weighted by Crippen LogP contribution is -2.54. The van der Waals surface area contributed by atoms with Crippen molar-refractivity contribution in [3.8, 4) is 0 Å². The zero-order valence-electron chi connectivity index (χ0n) is 12.3. The number of rotatable bonds is 4. The Kier molecular flexibility index (Phi) is 4.30. The summed E-state index contributed by atoms with van der Waals surface area (Å²) in [6.45, 7) is 4.64. The molecule has 7 nitrogen and oxygen atoms in total. The van der Waals surface area contributed by atoms with E-state index in [1.54, 1.807) is 4.90 Å². The topological polar surface area (TPSA) is 76.1 Å². The molecular formula is C14H24N4O3. The van der Waals surface area contributed by atoms with Crippen LogP contribution in [0.4, 0.5) is 4.79 Å². The van der Waals surface area contributed by atoms with Crippen LogP contribution < -0.4 is 5.32 Å². The minimum absolute atomic E-state index is 0.00706. The van der Waals surface area contributed by atoms with E-state index in [1.165, 1.54) is 12.8 Å². The van der Waals surface area contributed by atoms with Gasteiger partial charge in [0.2, 0.25) is 0 Å². The first-order chi connectivity index (χ1) is 10.1. The molecule has 2 heterocycles. The van der Waals surface area contributed by atoms with E-state index in [-0.39, 0.29) is 18.6 Å². The number of nitrogens with one attached hydrogen (secondary N) is 1. The van der Waals surface area contributed by atoms with E-state index < -0.39 is 5.97 Å². The van der Waals surface area contributed by atoms with Gasteiger partial charge < -0.3 is 15.3 Å². The van der Waals surface area contributed by atoms with Crippen LogP contribution in [0.1, 0.15) is 19.3 Å². The van der Waals surface area contributed by atoms with Crippen molar-refractivity contribution in [1.29, 1.82) is 0 Å². The van der Waals surface area contributed by atoms with Crippen LogP contribution in [-0.4, -0.2) is 89.7 Å². The SMILES string of the molecule is O=C(O)CN1CCN(C(=O)NC2CCN(C3CC3)C2)CC1. The molecule has 1 saturated carbocycles. The van der Waals surface area contributed by atoms with E-state index in [1.807, 2.05) is 4.90 Å². The Labute approximate surface area is 124 Å². The Balaban J connectivity index is 1.39. The average Bonchev–Trinajstić information content (AvgIpc) is 3.20. The highest BCUT2D eigenvalue weighted by Gasteiger charge is 2.35. The van der Waals surface area contributed by atoms with Crippen molar-refractivity contribution >= 4 is 12.0 Å². The molecule has 0 bridgehead atoms. The fourth-order valence-electron chi connectivity index (χ4n) is 3.24. The van der Waals surface area contributed by atoms with Gasteiger partial charge in [0, 0.05) is 51.4 Å². The predicted octanol–water partition coefficient (Wildman–Crippen LogP) is -0.365. The highest BCUT2D eigenvalue weighted by atomic mass is 16.4. The number of carboxylic acids is 1. The highest BCUT2D eigenvalue weighted by molar-refractivity contribution is 5.75. The Morgan fingerprint density at radius 3 is 2.38 bits per heavy atom. The maximum atomic E-state index is 12.2. The van der Waals surface area contributed by atoms with Gasteiger partial charge in [-0.1, -0.05) is 0 Å². The summed E-state index contributed by atoms with van der Waals surface area (Å²) in [5.41, 5.74) is 0. The summed E-state index contributed by atoms with van der Waals surface area (Å²) in [6, 6.07) is 1.05. The van der Waals surface area contributed by atoms with E-state index in [0.29, 0.717) is 26.2 Å². The summed E-state index contributed by atoms with van der Waals surface area (Å²) in [5, 5.41) is 11.9. The van der Waals surface area contributed by atoms with Gasteiger partial charge >= 0.3 is 12.0 Å². The molecule has 1 atom stereocenters. The zero-order valence-corrected chi connectivity index (χ0v) is 12.3. The first kappa shape index (κ1) is 14.6. The minimum atomic E-state index is -0.806. The van der Waals surface area contributed by atoms with Crippen molar-refractivity contribution in [2.75, 3.05) is 45.8 Å². The van der Waals surface area contributed by atoms with Crippen LogP contribution in [0.25, 0.3) is 0 Å². The predicted molar refractivity (Wildman–Crippen MR) is 77.2 cm³/mol. The molecule has 1 unspecified atom stereocenters. The van der Waals surface area contributed by atoms with E-state index in [0.717, 1.165) is 25.6 Å². The number of hydrogen-bond acceptors (Lipinski definition) is 4. The van der Waals surface area contributed by atoms with Crippen molar-refractivity contribution in [3.05, 3.63) is 0 Å². The lowest BCUT2D eigenvalue weighted by atomic mass is 10.2. The summed E-state index contributed by atoms with van der Waals surface area (Å²) in [5.74, 6) is -0.806. The number of piperazine rings is 1. The highest BCUT2D eigenvalue weighted by Crippen LogP contribution is 2.29. The molecule has 1 aliphatic carbocycles. The van der Waals surface area contributed by atoms with E-state index in [2.05, 4.69) is 10.2 Å². The standard InChI is InChI=1S/C14H24N4O3/c19-13(20)10-16-5-7-17(8-6-16)14(21)15-11-3-4-18(9-11)12-1-2-12/h11-12H,1-10H2,(H,15,21)(H,19,20). The molecule has 118 valence electrons. The van der Waals surface area contributed by atoms with Gasteiger partial charge in [0.1, 0.15) is 0 Å². The van der Waals surface area contributed by atoms with Gasteiger partial charge in [-0.15, -0.1) is 0 Å². The second-order valence-electron chi connectivity index (χ2n) is 6.32. The van der Waals surface area contributed by atoms with Gasteiger partial charge in [-0.3, -0.25) is 14.6 Å². The summed E-state index contributed by atoms with van der Waals surface area (Å²) in [4.78, 5) is 29.1. The first-order valence-corrected chi connectivity index (χ1v) is 7.85. The normalized spacial score (nSPS) is 27.8. The number of carbonyl (C=O) groups is 2. The summed E-state index contributed by atoms with van der Waals surface area (Å²) >= 11 is 0. The Morgan fingerprint density at radius 2 is 1.76 bits per heavy atom. The number of urea groups is 1. The number of hydrogen-bond donors (Lipinski definition) is 2. The zero-order chi connectivity index (χ0) is 14.8. The second-order valence-corrected chi connectivity index (χ2v) is 6.32. The molecule has 0 aromatic rings. The first-order valence-electron chi connectivity index (χ1n) is 7.85. The van der Waals surface area contributed by atoms with Crippen molar-refractivity contribution in [2.24, 2.45) is 0 Å². The fraction of sp³-hybridized carbons (Fsp3) is 0.857. The molecule has 0 radical (unpaired) electrons. The summed E-state index contributed by atoms with van der Waals surface area (Å²) < 4.78 is 0. The van der Waals surface area contributed by atoms with Gasteiger partial charge in [0.15, 0.2) is 0 Å². The fourth-order valence-corrected chi connectivity index (χ4v) is 3.24. The molecule has 3 rings (SSSR count). The van der Waals surface area contributed by atoms with Crippen LogP contribution in [0.15, 0.2) is 0 Å². The summed E-state index contributed by atoms with van der Waals surface area (Å²) in [7, 11) is 0. The van der Waals surface area contributed by atoms with Gasteiger partial charge in [-0.25, -0.2) is 4.79 Å². The molecular weight excluding hydrogens is 272 g/mol. The molecule has 3 fully saturated rings. The Hall–Kier alpha value is -1.34. The Bertz CT molecular complexity index is 405. The van der Waals surface area contributed by atoms with E-state index in [4.69, 9.17) is 5.11 Å². The van der Waals surface area contributed by atoms with Crippen molar-refractivity contribution in [2.45, 2.75) is 31.3 Å². The molecule has 7 heteroatoms. The molecule has 2 aliphatic heterocycles. The third kappa shape index (κ3) is 3.85. The molecule has 0 aromatic heterocycles. The van der Waals surface area contributed by atoms with Gasteiger partial charge in [-0.05, 0) is 19.3 Å². The molecule has 21 heavy (non-hydrogen) atoms. The smallest absolute Gasteiger partial charge is 0.317 e. The largest absolute Gasteiger partial charge is 0.480 e. The van der Waals surface area contributed by atoms with Gasteiger partial charge in [0.25, 0.3) is 0 Å². The number of carboxylic acid groups (broad SMARTS) is 1. The molecule has 2 saturated heterocycles. The third-order valence-corrected chi connectivity index (χ3v) is 4.63. The minimum Gasteiger partial charge on any atom is -0.480 e. The van der Waals surface area contributed by atoms with Crippen LogP contribution in [-0.2, 0) is 4.79 Å². The molecule has 2 amide bonds. The molecule has 2 N–H and O–H groups in total. The van der Waals surface area contributed by atoms with Crippen LogP contribution in [0.5, 0.6) is 0 Å². The van der Waals surface area contributed by atoms with E-state index in [9.17, 15) is 9.59 Å².